The van der Waals surface area contributed by atoms with Gasteiger partial charge in [0, 0.05) is 13.2 Å². The minimum absolute atomic E-state index is 0.00171. The number of nitrogens with zero attached hydrogens (tertiary/aromatic N) is 3. The van der Waals surface area contributed by atoms with Crippen LogP contribution in [0.25, 0.3) is 11.4 Å². The Hall–Kier alpha value is -2.57. The molecule has 92 valence electrons. The van der Waals surface area contributed by atoms with Gasteiger partial charge in [0.1, 0.15) is 11.3 Å². The second-order valence-electron chi connectivity index (χ2n) is 3.33. The van der Waals surface area contributed by atoms with Crippen molar-refractivity contribution in [3.05, 3.63) is 35.9 Å². The number of carbonyl (C=O) groups is 1. The Morgan fingerprint density at radius 2 is 2.17 bits per heavy atom. The van der Waals surface area contributed by atoms with E-state index in [9.17, 15) is 9.18 Å². The molecule has 2 aromatic rings. The van der Waals surface area contributed by atoms with E-state index in [1.807, 2.05) is 0 Å². The van der Waals surface area contributed by atoms with Gasteiger partial charge in [0.2, 0.25) is 11.9 Å². The van der Waals surface area contributed by atoms with E-state index in [-0.39, 0.29) is 17.3 Å². The summed E-state index contributed by atoms with van der Waals surface area (Å²) in [5.41, 5.74) is -0.375. The number of hydrogen-bond donors (Lipinski definition) is 2. The summed E-state index contributed by atoms with van der Waals surface area (Å²) in [4.78, 5) is 22.3. The molecule has 2 rings (SSSR count). The summed E-state index contributed by atoms with van der Waals surface area (Å²) < 4.78 is 13.6. The molecule has 0 radical (unpaired) electrons. The molecule has 0 amide bonds. The molecule has 7 heteroatoms. The van der Waals surface area contributed by atoms with Crippen LogP contribution < -0.4 is 5.32 Å². The summed E-state index contributed by atoms with van der Waals surface area (Å²) in [6.45, 7) is 0. The molecule has 0 aromatic carbocycles. The number of pyridine rings is 1. The van der Waals surface area contributed by atoms with Crippen LogP contribution in [0, 0.1) is 5.95 Å². The molecule has 0 bridgehead atoms. The van der Waals surface area contributed by atoms with Crippen molar-refractivity contribution in [1.82, 2.24) is 15.0 Å². The summed E-state index contributed by atoms with van der Waals surface area (Å²) in [5.74, 6) is -2.53. The van der Waals surface area contributed by atoms with E-state index in [2.05, 4.69) is 20.3 Å². The monoisotopic (exact) mass is 248 g/mol. The Morgan fingerprint density at radius 1 is 1.39 bits per heavy atom. The minimum atomic E-state index is -1.43. The number of rotatable bonds is 3. The predicted molar refractivity (Wildman–Crippen MR) is 61.7 cm³/mol. The minimum Gasteiger partial charge on any atom is -0.477 e. The molecule has 0 fully saturated rings. The maximum Gasteiger partial charge on any atom is 0.342 e. The Bertz CT molecular complexity index is 589. The van der Waals surface area contributed by atoms with Crippen molar-refractivity contribution in [2.75, 3.05) is 12.4 Å². The third-order valence-electron chi connectivity index (χ3n) is 2.21. The van der Waals surface area contributed by atoms with E-state index in [1.165, 1.54) is 13.2 Å². The molecule has 18 heavy (non-hydrogen) atoms. The van der Waals surface area contributed by atoms with Crippen molar-refractivity contribution < 1.29 is 14.3 Å². The van der Waals surface area contributed by atoms with E-state index in [0.717, 1.165) is 0 Å². The predicted octanol–water partition coefficient (Wildman–Crippen LogP) is 1.42. The quantitative estimate of drug-likeness (QED) is 0.798. The first-order valence-corrected chi connectivity index (χ1v) is 5.03. The van der Waals surface area contributed by atoms with Crippen LogP contribution in [0.5, 0.6) is 0 Å². The number of nitrogens with one attached hydrogen (secondary N) is 1. The van der Waals surface area contributed by atoms with Crippen LogP contribution in [0.4, 0.5) is 10.3 Å². The molecule has 0 aliphatic heterocycles. The van der Waals surface area contributed by atoms with Gasteiger partial charge >= 0.3 is 5.97 Å². The zero-order chi connectivity index (χ0) is 13.1. The van der Waals surface area contributed by atoms with Gasteiger partial charge in [-0.1, -0.05) is 6.07 Å². The lowest BCUT2D eigenvalue weighted by molar-refractivity contribution is 0.0691. The highest BCUT2D eigenvalue weighted by Gasteiger charge is 2.22. The fourth-order valence-electron chi connectivity index (χ4n) is 1.42. The van der Waals surface area contributed by atoms with Gasteiger partial charge in [0.05, 0.1) is 5.69 Å². The fraction of sp³-hybridized carbons (Fsp3) is 0.0909. The molecule has 0 aliphatic carbocycles. The van der Waals surface area contributed by atoms with Gasteiger partial charge < -0.3 is 10.4 Å². The Balaban J connectivity index is 2.71. The third-order valence-corrected chi connectivity index (χ3v) is 2.21. The first kappa shape index (κ1) is 11.9. The largest absolute Gasteiger partial charge is 0.477 e. The summed E-state index contributed by atoms with van der Waals surface area (Å²) in [6.07, 6.45) is 1.47. The van der Waals surface area contributed by atoms with Crippen LogP contribution >= 0.6 is 0 Å². The number of aromatic nitrogens is 3. The average molecular weight is 248 g/mol. The fourth-order valence-corrected chi connectivity index (χ4v) is 1.42. The number of carboxylic acid groups (broad SMARTS) is 1. The number of anilines is 1. The van der Waals surface area contributed by atoms with Crippen molar-refractivity contribution in [3.63, 3.8) is 0 Å². The maximum absolute atomic E-state index is 13.6. The van der Waals surface area contributed by atoms with Gasteiger partial charge in [0.15, 0.2) is 0 Å². The smallest absolute Gasteiger partial charge is 0.342 e. The third kappa shape index (κ3) is 2.10. The van der Waals surface area contributed by atoms with Gasteiger partial charge in [-0.2, -0.15) is 9.37 Å². The number of aromatic carboxylic acids is 1. The SMILES string of the molecule is CNc1nc(F)c(C(=O)O)c(-c2ccccn2)n1. The Labute approximate surface area is 102 Å². The van der Waals surface area contributed by atoms with E-state index in [1.54, 1.807) is 18.2 Å². The lowest BCUT2D eigenvalue weighted by Gasteiger charge is -2.07. The molecule has 0 saturated carbocycles. The van der Waals surface area contributed by atoms with E-state index >= 15 is 0 Å². The molecule has 2 aromatic heterocycles. The molecule has 0 spiro atoms. The van der Waals surface area contributed by atoms with Gasteiger partial charge in [-0.15, -0.1) is 0 Å². The number of carboxylic acids is 1. The maximum atomic E-state index is 13.6. The Morgan fingerprint density at radius 3 is 2.72 bits per heavy atom. The van der Waals surface area contributed by atoms with Crippen molar-refractivity contribution in [2.45, 2.75) is 0 Å². The van der Waals surface area contributed by atoms with E-state index in [4.69, 9.17) is 5.11 Å². The Kier molecular flexibility index (Phi) is 3.13. The second kappa shape index (κ2) is 4.74. The van der Waals surface area contributed by atoms with E-state index in [0.29, 0.717) is 0 Å². The standard InChI is InChI=1S/C11H9FN4O2/c1-13-11-15-8(6-4-2-3-5-14-6)7(10(17)18)9(12)16-11/h2-5H,1H3,(H,17,18)(H,13,15,16). The summed E-state index contributed by atoms with van der Waals surface area (Å²) in [6, 6.07) is 4.88. The summed E-state index contributed by atoms with van der Waals surface area (Å²) in [5, 5.41) is 11.6. The summed E-state index contributed by atoms with van der Waals surface area (Å²) >= 11 is 0. The first-order chi connectivity index (χ1) is 8.63. The molecule has 0 unspecified atom stereocenters. The lowest BCUT2D eigenvalue weighted by Crippen LogP contribution is -2.11. The molecule has 0 saturated heterocycles. The van der Waals surface area contributed by atoms with Crippen LogP contribution in [0.3, 0.4) is 0 Å². The average Bonchev–Trinajstić information content (AvgIpc) is 2.38. The molecule has 2 heterocycles. The van der Waals surface area contributed by atoms with Crippen molar-refractivity contribution >= 4 is 11.9 Å². The molecule has 2 N–H and O–H groups in total. The van der Waals surface area contributed by atoms with Gasteiger partial charge in [0.25, 0.3) is 0 Å². The van der Waals surface area contributed by atoms with Crippen molar-refractivity contribution in [1.29, 1.82) is 0 Å². The van der Waals surface area contributed by atoms with Crippen LogP contribution in [-0.4, -0.2) is 33.1 Å². The van der Waals surface area contributed by atoms with Gasteiger partial charge in [-0.05, 0) is 12.1 Å². The van der Waals surface area contributed by atoms with Crippen LogP contribution in [0.1, 0.15) is 10.4 Å². The first-order valence-electron chi connectivity index (χ1n) is 5.03. The van der Waals surface area contributed by atoms with Crippen molar-refractivity contribution in [3.8, 4) is 11.4 Å². The highest BCUT2D eigenvalue weighted by molar-refractivity contribution is 5.94. The molecule has 6 nitrogen and oxygen atoms in total. The zero-order valence-corrected chi connectivity index (χ0v) is 9.38. The van der Waals surface area contributed by atoms with Gasteiger partial charge in [-0.3, -0.25) is 4.98 Å². The van der Waals surface area contributed by atoms with Crippen LogP contribution in [-0.2, 0) is 0 Å². The molecular weight excluding hydrogens is 239 g/mol. The zero-order valence-electron chi connectivity index (χ0n) is 9.38. The lowest BCUT2D eigenvalue weighted by atomic mass is 10.1. The van der Waals surface area contributed by atoms with Crippen LogP contribution in [0.15, 0.2) is 24.4 Å². The topological polar surface area (TPSA) is 88.0 Å². The normalized spacial score (nSPS) is 10.1. The van der Waals surface area contributed by atoms with E-state index < -0.39 is 17.5 Å². The molecule has 0 atom stereocenters. The number of halogens is 1. The summed E-state index contributed by atoms with van der Waals surface area (Å²) in [7, 11) is 1.51. The van der Waals surface area contributed by atoms with Crippen molar-refractivity contribution in [2.24, 2.45) is 0 Å². The van der Waals surface area contributed by atoms with Crippen LogP contribution in [0.2, 0.25) is 0 Å². The highest BCUT2D eigenvalue weighted by atomic mass is 19.1. The molecule has 0 aliphatic rings. The highest BCUT2D eigenvalue weighted by Crippen LogP contribution is 2.22. The number of hydrogen-bond acceptors (Lipinski definition) is 5. The van der Waals surface area contributed by atoms with Gasteiger partial charge in [-0.25, -0.2) is 9.78 Å². The second-order valence-corrected chi connectivity index (χ2v) is 3.33. The molecular formula is C11H9FN4O2.